The fourth-order valence-electron chi connectivity index (χ4n) is 1.29. The first-order valence-electron chi connectivity index (χ1n) is 5.23. The molecular weight excluding hydrogens is 260 g/mol. The highest BCUT2D eigenvalue weighted by atomic mass is 35.5. The van der Waals surface area contributed by atoms with Gasteiger partial charge in [-0.15, -0.1) is 0 Å². The van der Waals surface area contributed by atoms with Gasteiger partial charge in [0.25, 0.3) is 0 Å². The van der Waals surface area contributed by atoms with Gasteiger partial charge in [0.05, 0.1) is 12.7 Å². The standard InChI is InChI=1S/C11H13ClN2O4/c1-3-13-10-6(4-7(12)11(17)14-10)8(15)5-9(16)18-2/h4H,3,5H2,1-2H3,(H2,13,14,17). The quantitative estimate of drug-likeness (QED) is 0.481. The molecule has 0 bridgehead atoms. The van der Waals surface area contributed by atoms with Gasteiger partial charge in [0, 0.05) is 6.54 Å². The Morgan fingerprint density at radius 3 is 2.78 bits per heavy atom. The number of aromatic hydroxyl groups is 1. The zero-order valence-corrected chi connectivity index (χ0v) is 10.7. The van der Waals surface area contributed by atoms with Crippen LogP contribution in [0.2, 0.25) is 5.02 Å². The van der Waals surface area contributed by atoms with E-state index in [0.29, 0.717) is 6.54 Å². The summed E-state index contributed by atoms with van der Waals surface area (Å²) in [5, 5.41) is 12.1. The van der Waals surface area contributed by atoms with Crippen molar-refractivity contribution in [1.29, 1.82) is 0 Å². The SMILES string of the molecule is CCNc1nc(O)c(Cl)cc1C(=O)CC(=O)OC. The molecule has 0 aliphatic rings. The van der Waals surface area contributed by atoms with E-state index in [4.69, 9.17) is 11.6 Å². The van der Waals surface area contributed by atoms with Gasteiger partial charge in [-0.05, 0) is 13.0 Å². The fraction of sp³-hybridized carbons (Fsp3) is 0.364. The highest BCUT2D eigenvalue weighted by molar-refractivity contribution is 6.32. The minimum Gasteiger partial charge on any atom is -0.492 e. The zero-order chi connectivity index (χ0) is 13.7. The lowest BCUT2D eigenvalue weighted by Crippen LogP contribution is -2.13. The number of esters is 1. The first-order chi connectivity index (χ1) is 8.49. The van der Waals surface area contributed by atoms with E-state index >= 15 is 0 Å². The molecule has 0 saturated heterocycles. The van der Waals surface area contributed by atoms with Gasteiger partial charge in [-0.2, -0.15) is 4.98 Å². The molecule has 0 fully saturated rings. The van der Waals surface area contributed by atoms with Crippen molar-refractivity contribution >= 4 is 29.2 Å². The van der Waals surface area contributed by atoms with Gasteiger partial charge in [-0.1, -0.05) is 11.6 Å². The van der Waals surface area contributed by atoms with Crippen LogP contribution in [0.1, 0.15) is 23.7 Å². The molecule has 0 amide bonds. The summed E-state index contributed by atoms with van der Waals surface area (Å²) in [6, 6.07) is 1.27. The van der Waals surface area contributed by atoms with Gasteiger partial charge in [-0.25, -0.2) is 0 Å². The lowest BCUT2D eigenvalue weighted by atomic mass is 10.1. The third-order valence-electron chi connectivity index (χ3n) is 2.13. The number of ether oxygens (including phenoxy) is 1. The van der Waals surface area contributed by atoms with E-state index in [2.05, 4.69) is 15.0 Å². The van der Waals surface area contributed by atoms with Crippen LogP contribution in [-0.4, -0.2) is 35.5 Å². The Balaban J connectivity index is 3.09. The molecule has 98 valence electrons. The zero-order valence-electron chi connectivity index (χ0n) is 9.99. The average Bonchev–Trinajstić information content (AvgIpc) is 2.33. The smallest absolute Gasteiger partial charge is 0.313 e. The van der Waals surface area contributed by atoms with Crippen LogP contribution in [0.4, 0.5) is 5.82 Å². The van der Waals surface area contributed by atoms with Crippen LogP contribution < -0.4 is 5.32 Å². The largest absolute Gasteiger partial charge is 0.492 e. The third-order valence-corrected chi connectivity index (χ3v) is 2.41. The first kappa shape index (κ1) is 14.2. The number of halogens is 1. The lowest BCUT2D eigenvalue weighted by molar-refractivity contribution is -0.139. The van der Waals surface area contributed by atoms with Crippen molar-refractivity contribution in [2.24, 2.45) is 0 Å². The van der Waals surface area contributed by atoms with Crippen molar-refractivity contribution in [3.8, 4) is 5.88 Å². The number of Topliss-reactive ketones (excluding diaryl/α,β-unsaturated/α-hetero) is 1. The topological polar surface area (TPSA) is 88.5 Å². The van der Waals surface area contributed by atoms with Gasteiger partial charge in [0.1, 0.15) is 17.3 Å². The van der Waals surface area contributed by atoms with Gasteiger partial charge in [0.2, 0.25) is 5.88 Å². The minimum absolute atomic E-state index is 0.0510. The average molecular weight is 273 g/mol. The number of anilines is 1. The van der Waals surface area contributed by atoms with Crippen molar-refractivity contribution < 1.29 is 19.4 Å². The van der Waals surface area contributed by atoms with Gasteiger partial charge < -0.3 is 15.2 Å². The highest BCUT2D eigenvalue weighted by Gasteiger charge is 2.19. The molecule has 0 spiro atoms. The minimum atomic E-state index is -0.647. The lowest BCUT2D eigenvalue weighted by Gasteiger charge is -2.09. The highest BCUT2D eigenvalue weighted by Crippen LogP contribution is 2.27. The number of hydrogen-bond acceptors (Lipinski definition) is 6. The molecule has 1 heterocycles. The molecule has 7 heteroatoms. The molecule has 1 aromatic rings. The van der Waals surface area contributed by atoms with E-state index in [1.165, 1.54) is 13.2 Å². The van der Waals surface area contributed by atoms with Crippen molar-refractivity contribution in [3.63, 3.8) is 0 Å². The second-order valence-corrected chi connectivity index (χ2v) is 3.80. The van der Waals surface area contributed by atoms with Gasteiger partial charge in [-0.3, -0.25) is 9.59 Å². The number of hydrogen-bond donors (Lipinski definition) is 2. The summed E-state index contributed by atoms with van der Waals surface area (Å²) in [7, 11) is 1.20. The van der Waals surface area contributed by atoms with E-state index in [-0.39, 0.29) is 22.3 Å². The fourth-order valence-corrected chi connectivity index (χ4v) is 1.44. The molecule has 1 aromatic heterocycles. The molecule has 6 nitrogen and oxygen atoms in total. The normalized spacial score (nSPS) is 9.94. The number of pyridine rings is 1. The number of rotatable bonds is 5. The van der Waals surface area contributed by atoms with Crippen LogP contribution in [-0.2, 0) is 9.53 Å². The summed E-state index contributed by atoms with van der Waals surface area (Å²) in [5.74, 6) is -1.31. The maximum Gasteiger partial charge on any atom is 0.313 e. The molecule has 18 heavy (non-hydrogen) atoms. The molecule has 0 saturated carbocycles. The predicted octanol–water partition coefficient (Wildman–Crippen LogP) is 1.62. The predicted molar refractivity (Wildman–Crippen MR) is 66.0 cm³/mol. The molecule has 0 atom stereocenters. The van der Waals surface area contributed by atoms with E-state index < -0.39 is 18.2 Å². The number of ketones is 1. The van der Waals surface area contributed by atoms with Crippen LogP contribution in [0.25, 0.3) is 0 Å². The maximum atomic E-state index is 11.9. The number of nitrogens with zero attached hydrogens (tertiary/aromatic N) is 1. The van der Waals surface area contributed by atoms with Gasteiger partial charge >= 0.3 is 5.97 Å². The van der Waals surface area contributed by atoms with Crippen molar-refractivity contribution in [3.05, 3.63) is 16.7 Å². The molecule has 2 N–H and O–H groups in total. The van der Waals surface area contributed by atoms with Gasteiger partial charge in [0.15, 0.2) is 5.78 Å². The van der Waals surface area contributed by atoms with Crippen molar-refractivity contribution in [2.45, 2.75) is 13.3 Å². The molecule has 0 unspecified atom stereocenters. The number of nitrogens with one attached hydrogen (secondary N) is 1. The Bertz CT molecular complexity index is 476. The molecule has 0 aliphatic heterocycles. The number of carbonyl (C=O) groups is 2. The summed E-state index contributed by atoms with van der Waals surface area (Å²) in [4.78, 5) is 26.7. The summed E-state index contributed by atoms with van der Waals surface area (Å²) >= 11 is 5.69. The Morgan fingerprint density at radius 1 is 1.56 bits per heavy atom. The number of methoxy groups -OCH3 is 1. The monoisotopic (exact) mass is 272 g/mol. The summed E-state index contributed by atoms with van der Waals surface area (Å²) in [5.41, 5.74) is 0.144. The van der Waals surface area contributed by atoms with Crippen molar-refractivity contribution in [2.75, 3.05) is 19.0 Å². The summed E-state index contributed by atoms with van der Waals surface area (Å²) in [6.07, 6.45) is -0.405. The Kier molecular flexibility index (Phi) is 4.91. The van der Waals surface area contributed by atoms with E-state index in [9.17, 15) is 14.7 Å². The molecule has 0 radical (unpaired) electrons. The first-order valence-corrected chi connectivity index (χ1v) is 5.60. The van der Waals surface area contributed by atoms with Crippen LogP contribution in [0.15, 0.2) is 6.07 Å². The molecule has 1 rings (SSSR count). The van der Waals surface area contributed by atoms with Crippen LogP contribution in [0, 0.1) is 0 Å². The van der Waals surface area contributed by atoms with Crippen LogP contribution in [0.5, 0.6) is 5.88 Å². The molecular formula is C11H13ClN2O4. The number of aromatic nitrogens is 1. The third kappa shape index (κ3) is 3.33. The van der Waals surface area contributed by atoms with Crippen LogP contribution >= 0.6 is 11.6 Å². The number of carbonyl (C=O) groups excluding carboxylic acids is 2. The van der Waals surface area contributed by atoms with E-state index in [0.717, 1.165) is 0 Å². The summed E-state index contributed by atoms with van der Waals surface area (Å²) in [6.45, 7) is 2.31. The Labute approximate surface area is 109 Å². The summed E-state index contributed by atoms with van der Waals surface area (Å²) < 4.78 is 4.41. The molecule has 0 aliphatic carbocycles. The maximum absolute atomic E-state index is 11.9. The second kappa shape index (κ2) is 6.20. The molecule has 0 aromatic carbocycles. The van der Waals surface area contributed by atoms with Crippen molar-refractivity contribution in [1.82, 2.24) is 4.98 Å². The van der Waals surface area contributed by atoms with E-state index in [1.54, 1.807) is 0 Å². The second-order valence-electron chi connectivity index (χ2n) is 3.40. The Morgan fingerprint density at radius 2 is 2.22 bits per heavy atom. The Hall–Kier alpha value is -1.82. The van der Waals surface area contributed by atoms with Crippen LogP contribution in [0.3, 0.4) is 0 Å². The van der Waals surface area contributed by atoms with E-state index in [1.807, 2.05) is 6.92 Å².